The average Bonchev–Trinajstić information content (AvgIpc) is 2.26. The Kier molecular flexibility index (Phi) is 9.34. The molecule has 0 bridgehead atoms. The Bertz CT molecular complexity index is 338. The van der Waals surface area contributed by atoms with E-state index in [1.807, 2.05) is 0 Å². The number of carbonyl (C=O) groups excluding carboxylic acids is 3. The maximum Gasteiger partial charge on any atom is 1.00 e. The van der Waals surface area contributed by atoms with Gasteiger partial charge in [-0.2, -0.15) is 0 Å². The molecule has 1 heterocycles. The molecule has 1 aliphatic rings. The van der Waals surface area contributed by atoms with Crippen LogP contribution < -0.4 is 40.2 Å². The first kappa shape index (κ1) is 19.6. The van der Waals surface area contributed by atoms with Gasteiger partial charge in [-0.25, -0.2) is 4.79 Å². The van der Waals surface area contributed by atoms with Crippen LogP contribution in [0.3, 0.4) is 0 Å². The first-order chi connectivity index (χ1) is 8.90. The molecule has 4 amide bonds. The van der Waals surface area contributed by atoms with E-state index in [1.165, 1.54) is 12.8 Å². The molecule has 1 saturated heterocycles. The summed E-state index contributed by atoms with van der Waals surface area (Å²) in [5, 5.41) is 4.26. The van der Waals surface area contributed by atoms with Crippen molar-refractivity contribution in [2.24, 2.45) is 17.8 Å². The number of barbiturate groups is 1. The molecule has 0 aliphatic carbocycles. The van der Waals surface area contributed by atoms with Crippen LogP contribution in [0.1, 0.15) is 52.9 Å². The second-order valence-corrected chi connectivity index (χ2v) is 5.87. The smallest absolute Gasteiger partial charge is 0.277 e. The van der Waals surface area contributed by atoms with E-state index in [9.17, 15) is 14.4 Å². The number of nitrogens with one attached hydrogen (secondary N) is 2. The molecule has 0 saturated carbocycles. The van der Waals surface area contributed by atoms with Gasteiger partial charge >= 0.3 is 35.6 Å². The van der Waals surface area contributed by atoms with Crippen LogP contribution in [0.5, 0.6) is 0 Å². The van der Waals surface area contributed by atoms with E-state index in [0.29, 0.717) is 18.3 Å². The Morgan fingerprint density at radius 1 is 0.950 bits per heavy atom. The van der Waals surface area contributed by atoms with E-state index in [-0.39, 0.29) is 29.6 Å². The van der Waals surface area contributed by atoms with Crippen molar-refractivity contribution in [1.82, 2.24) is 10.6 Å². The Morgan fingerprint density at radius 3 is 2.00 bits per heavy atom. The molecule has 108 valence electrons. The Morgan fingerprint density at radius 2 is 1.50 bits per heavy atom. The van der Waals surface area contributed by atoms with Crippen molar-refractivity contribution in [3.63, 3.8) is 0 Å². The van der Waals surface area contributed by atoms with Crippen molar-refractivity contribution in [3.05, 3.63) is 0 Å². The Balaban J connectivity index is 0.00000361. The van der Waals surface area contributed by atoms with E-state index < -0.39 is 23.8 Å². The molecule has 1 fully saturated rings. The van der Waals surface area contributed by atoms with E-state index in [0.717, 1.165) is 12.8 Å². The average molecular weight is 291 g/mol. The van der Waals surface area contributed by atoms with Crippen LogP contribution in [-0.4, -0.2) is 17.8 Å². The number of urea groups is 1. The fourth-order valence-electron chi connectivity index (χ4n) is 2.28. The molecule has 0 aromatic rings. The topological polar surface area (TPSA) is 75.3 Å². The molecule has 2 N–H and O–H groups in total. The molecular weight excluding hydrogens is 267 g/mol. The van der Waals surface area contributed by atoms with Gasteiger partial charge in [-0.1, -0.05) is 40.0 Å². The number of amides is 4. The molecule has 6 heteroatoms. The standard InChI is InChI=1S/C14H24N2O3.Na/c1-9(2)5-4-6-10(3)7-8-11-12(17)15-14(19)16-13(11)18;/h9-11H,4-8H2,1-3H3,(H2,15,16,17,18,19);/q;+1. The largest absolute Gasteiger partial charge is 1.00 e. The van der Waals surface area contributed by atoms with Crippen molar-refractivity contribution < 1.29 is 43.9 Å². The van der Waals surface area contributed by atoms with Crippen LogP contribution in [0.25, 0.3) is 0 Å². The summed E-state index contributed by atoms with van der Waals surface area (Å²) in [5.41, 5.74) is 0. The number of rotatable bonds is 7. The Labute approximate surface area is 142 Å². The zero-order valence-electron chi connectivity index (χ0n) is 13.0. The van der Waals surface area contributed by atoms with Gasteiger partial charge in [0.05, 0.1) is 0 Å². The minimum Gasteiger partial charge on any atom is -0.277 e. The van der Waals surface area contributed by atoms with Crippen molar-refractivity contribution in [2.45, 2.75) is 52.9 Å². The molecule has 1 unspecified atom stereocenters. The zero-order valence-corrected chi connectivity index (χ0v) is 15.0. The number of hydrogen-bond donors (Lipinski definition) is 2. The number of hydrogen-bond acceptors (Lipinski definition) is 3. The molecule has 20 heavy (non-hydrogen) atoms. The van der Waals surface area contributed by atoms with Crippen LogP contribution in [0.4, 0.5) is 4.79 Å². The third-order valence-electron chi connectivity index (χ3n) is 3.53. The minimum atomic E-state index is -0.717. The van der Waals surface area contributed by atoms with Crippen LogP contribution >= 0.6 is 0 Å². The fraction of sp³-hybridized carbons (Fsp3) is 0.786. The first-order valence-electron chi connectivity index (χ1n) is 7.05. The summed E-state index contributed by atoms with van der Waals surface area (Å²) in [6.45, 7) is 6.56. The second kappa shape index (κ2) is 9.53. The van der Waals surface area contributed by atoms with Gasteiger partial charge in [0.2, 0.25) is 11.8 Å². The summed E-state index contributed by atoms with van der Waals surface area (Å²) in [4.78, 5) is 34.0. The second-order valence-electron chi connectivity index (χ2n) is 5.87. The zero-order chi connectivity index (χ0) is 14.4. The first-order valence-corrected chi connectivity index (χ1v) is 7.05. The van der Waals surface area contributed by atoms with Crippen LogP contribution in [-0.2, 0) is 9.59 Å². The van der Waals surface area contributed by atoms with Crippen molar-refractivity contribution >= 4 is 17.8 Å². The number of imide groups is 2. The maximum absolute atomic E-state index is 11.5. The summed E-state index contributed by atoms with van der Waals surface area (Å²) in [6, 6.07) is -0.712. The normalized spacial score (nSPS) is 17.5. The summed E-state index contributed by atoms with van der Waals surface area (Å²) in [6.07, 6.45) is 4.85. The Hall–Kier alpha value is -0.390. The quantitative estimate of drug-likeness (QED) is 0.477. The third-order valence-corrected chi connectivity index (χ3v) is 3.53. The van der Waals surface area contributed by atoms with Gasteiger partial charge in [0.25, 0.3) is 0 Å². The molecule has 0 spiro atoms. The molecule has 5 nitrogen and oxygen atoms in total. The van der Waals surface area contributed by atoms with E-state index in [4.69, 9.17) is 0 Å². The van der Waals surface area contributed by atoms with Gasteiger partial charge in [0, 0.05) is 0 Å². The third kappa shape index (κ3) is 6.86. The van der Waals surface area contributed by atoms with E-state index >= 15 is 0 Å². The van der Waals surface area contributed by atoms with Crippen molar-refractivity contribution in [3.8, 4) is 0 Å². The monoisotopic (exact) mass is 291 g/mol. The minimum absolute atomic E-state index is 0. The summed E-state index contributed by atoms with van der Waals surface area (Å²) in [7, 11) is 0. The predicted molar refractivity (Wildman–Crippen MR) is 72.3 cm³/mol. The van der Waals surface area contributed by atoms with E-state index in [2.05, 4.69) is 31.4 Å². The molecule has 1 rings (SSSR count). The molecule has 0 aromatic carbocycles. The molecule has 0 radical (unpaired) electrons. The predicted octanol–water partition coefficient (Wildman–Crippen LogP) is -0.785. The van der Waals surface area contributed by atoms with Crippen LogP contribution in [0, 0.1) is 17.8 Å². The van der Waals surface area contributed by atoms with Gasteiger partial charge in [-0.3, -0.25) is 20.2 Å². The van der Waals surface area contributed by atoms with Crippen molar-refractivity contribution in [1.29, 1.82) is 0 Å². The molecule has 1 atom stereocenters. The van der Waals surface area contributed by atoms with Crippen LogP contribution in [0.15, 0.2) is 0 Å². The summed E-state index contributed by atoms with van der Waals surface area (Å²) in [5.74, 6) is -0.443. The molecular formula is C14H24N2NaO3+. The fourth-order valence-corrected chi connectivity index (χ4v) is 2.28. The van der Waals surface area contributed by atoms with Gasteiger partial charge in [-0.15, -0.1) is 0 Å². The van der Waals surface area contributed by atoms with Crippen molar-refractivity contribution in [2.75, 3.05) is 0 Å². The van der Waals surface area contributed by atoms with E-state index in [1.54, 1.807) is 0 Å². The summed E-state index contributed by atoms with van der Waals surface area (Å²) < 4.78 is 0. The molecule has 0 aromatic heterocycles. The SMILES string of the molecule is CC(C)CCCC(C)CCC1C(=O)NC(=O)NC1=O.[Na+]. The van der Waals surface area contributed by atoms with Crippen LogP contribution in [0.2, 0.25) is 0 Å². The summed E-state index contributed by atoms with van der Waals surface area (Å²) >= 11 is 0. The van der Waals surface area contributed by atoms with Gasteiger partial charge in [0.15, 0.2) is 0 Å². The van der Waals surface area contributed by atoms with Gasteiger partial charge in [-0.05, 0) is 24.7 Å². The maximum atomic E-state index is 11.5. The number of carbonyl (C=O) groups is 3. The van der Waals surface area contributed by atoms with Gasteiger partial charge < -0.3 is 0 Å². The molecule has 1 aliphatic heterocycles. The van der Waals surface area contributed by atoms with Gasteiger partial charge in [0.1, 0.15) is 5.92 Å².